The van der Waals surface area contributed by atoms with Crippen LogP contribution in [0, 0.1) is 5.82 Å². The van der Waals surface area contributed by atoms with Crippen molar-refractivity contribution < 1.29 is 4.39 Å². The van der Waals surface area contributed by atoms with Crippen LogP contribution in [0.4, 0.5) is 33.1 Å². The molecule has 0 radical (unpaired) electrons. The van der Waals surface area contributed by atoms with E-state index in [-0.39, 0.29) is 0 Å². The van der Waals surface area contributed by atoms with E-state index >= 15 is 0 Å². The van der Waals surface area contributed by atoms with E-state index in [1.54, 1.807) is 12.1 Å². The molecule has 9 heteroatoms. The zero-order chi connectivity index (χ0) is 20.4. The SMILES string of the molecule is Nc1c(Nc2ccc(Br)cc2F)ncnc1N1CCN(c2cccc(Cl)c2)CC1. The first-order chi connectivity index (χ1) is 14.0. The number of piperazine rings is 1. The van der Waals surface area contributed by atoms with Crippen LogP contribution < -0.4 is 20.9 Å². The maximum Gasteiger partial charge on any atom is 0.159 e. The fourth-order valence-corrected chi connectivity index (χ4v) is 3.82. The Kier molecular flexibility index (Phi) is 5.73. The summed E-state index contributed by atoms with van der Waals surface area (Å²) in [6, 6.07) is 12.6. The maximum atomic E-state index is 14.2. The van der Waals surface area contributed by atoms with Crippen molar-refractivity contribution in [2.45, 2.75) is 0 Å². The van der Waals surface area contributed by atoms with Crippen LogP contribution in [0.3, 0.4) is 0 Å². The third-order valence-corrected chi connectivity index (χ3v) is 5.53. The molecule has 2 heterocycles. The molecule has 0 amide bonds. The lowest BCUT2D eigenvalue weighted by atomic mass is 10.2. The van der Waals surface area contributed by atoms with Crippen LogP contribution in [-0.4, -0.2) is 36.1 Å². The summed E-state index contributed by atoms with van der Waals surface area (Å²) in [6.07, 6.45) is 1.44. The first-order valence-corrected chi connectivity index (χ1v) is 10.3. The number of nitrogens with two attached hydrogens (primary N) is 1. The summed E-state index contributed by atoms with van der Waals surface area (Å²) in [5.41, 5.74) is 8.11. The average Bonchev–Trinajstić information content (AvgIpc) is 2.72. The first-order valence-electron chi connectivity index (χ1n) is 9.09. The lowest BCUT2D eigenvalue weighted by Crippen LogP contribution is -2.47. The van der Waals surface area contributed by atoms with Crippen molar-refractivity contribution in [2.75, 3.05) is 47.0 Å². The lowest BCUT2D eigenvalue weighted by Gasteiger charge is -2.37. The van der Waals surface area contributed by atoms with Crippen molar-refractivity contribution in [1.82, 2.24) is 9.97 Å². The van der Waals surface area contributed by atoms with Crippen LogP contribution in [0.15, 0.2) is 53.3 Å². The van der Waals surface area contributed by atoms with Crippen LogP contribution in [0.5, 0.6) is 0 Å². The van der Waals surface area contributed by atoms with E-state index in [0.29, 0.717) is 27.5 Å². The standard InChI is InChI=1S/C20H19BrClFN6/c21-13-4-5-17(16(23)10-13)27-19-18(24)20(26-12-25-19)29-8-6-28(7-9-29)15-3-1-2-14(22)11-15/h1-5,10-12H,6-9,24H2,(H,25,26,27). The Balaban J connectivity index is 1.49. The van der Waals surface area contributed by atoms with Crippen molar-refractivity contribution in [3.63, 3.8) is 0 Å². The number of benzene rings is 2. The Hall–Kier alpha value is -2.58. The minimum Gasteiger partial charge on any atom is -0.393 e. The fourth-order valence-electron chi connectivity index (χ4n) is 3.31. The zero-order valence-corrected chi connectivity index (χ0v) is 17.8. The number of anilines is 5. The molecule has 1 aliphatic rings. The van der Waals surface area contributed by atoms with Gasteiger partial charge in [0.25, 0.3) is 0 Å². The molecule has 3 N–H and O–H groups in total. The molecule has 3 aromatic rings. The molecule has 1 aromatic heterocycles. The molecule has 1 fully saturated rings. The predicted octanol–water partition coefficient (Wildman–Crippen LogP) is 4.68. The van der Waals surface area contributed by atoms with Gasteiger partial charge in [-0.3, -0.25) is 0 Å². The summed E-state index contributed by atoms with van der Waals surface area (Å²) in [5, 5.41) is 3.69. The van der Waals surface area contributed by atoms with Gasteiger partial charge in [-0.05, 0) is 36.4 Å². The van der Waals surface area contributed by atoms with E-state index in [1.807, 2.05) is 18.2 Å². The third-order valence-electron chi connectivity index (χ3n) is 4.80. The summed E-state index contributed by atoms with van der Waals surface area (Å²) in [6.45, 7) is 3.13. The molecule has 0 unspecified atom stereocenters. The van der Waals surface area contributed by atoms with E-state index in [4.69, 9.17) is 17.3 Å². The molecule has 0 atom stereocenters. The normalized spacial score (nSPS) is 14.2. The van der Waals surface area contributed by atoms with Crippen molar-refractivity contribution >= 4 is 56.2 Å². The van der Waals surface area contributed by atoms with Gasteiger partial charge in [-0.1, -0.05) is 33.6 Å². The van der Waals surface area contributed by atoms with Gasteiger partial charge in [0.2, 0.25) is 0 Å². The van der Waals surface area contributed by atoms with Gasteiger partial charge >= 0.3 is 0 Å². The highest BCUT2D eigenvalue weighted by Crippen LogP contribution is 2.31. The number of nitrogens with zero attached hydrogens (tertiary/aromatic N) is 4. The largest absolute Gasteiger partial charge is 0.393 e. The molecule has 0 aliphatic carbocycles. The highest BCUT2D eigenvalue weighted by Gasteiger charge is 2.22. The Morgan fingerprint density at radius 3 is 2.52 bits per heavy atom. The molecule has 1 saturated heterocycles. The quantitative estimate of drug-likeness (QED) is 0.568. The minimum absolute atomic E-state index is 0.301. The van der Waals surface area contributed by atoms with Gasteiger partial charge in [-0.15, -0.1) is 0 Å². The molecule has 150 valence electrons. The summed E-state index contributed by atoms with van der Waals surface area (Å²) >= 11 is 9.36. The first kappa shape index (κ1) is 19.7. The number of nitrogen functional groups attached to an aromatic ring is 1. The topological polar surface area (TPSA) is 70.3 Å². The van der Waals surface area contributed by atoms with Gasteiger partial charge in [-0.2, -0.15) is 0 Å². The van der Waals surface area contributed by atoms with E-state index in [0.717, 1.165) is 36.9 Å². The van der Waals surface area contributed by atoms with E-state index in [9.17, 15) is 4.39 Å². The number of aromatic nitrogens is 2. The molecule has 29 heavy (non-hydrogen) atoms. The fraction of sp³-hybridized carbons (Fsp3) is 0.200. The summed E-state index contributed by atoms with van der Waals surface area (Å²) in [4.78, 5) is 12.9. The Bertz CT molecular complexity index is 1030. The van der Waals surface area contributed by atoms with Crippen molar-refractivity contribution in [2.24, 2.45) is 0 Å². The van der Waals surface area contributed by atoms with Gasteiger partial charge in [0, 0.05) is 41.4 Å². The number of hydrogen-bond acceptors (Lipinski definition) is 6. The Labute approximate surface area is 181 Å². The summed E-state index contributed by atoms with van der Waals surface area (Å²) < 4.78 is 14.8. The van der Waals surface area contributed by atoms with Gasteiger partial charge in [0.15, 0.2) is 11.6 Å². The minimum atomic E-state index is -0.394. The number of hydrogen-bond donors (Lipinski definition) is 2. The summed E-state index contributed by atoms with van der Waals surface area (Å²) in [7, 11) is 0. The number of rotatable bonds is 4. The maximum absolute atomic E-state index is 14.2. The molecule has 6 nitrogen and oxygen atoms in total. The van der Waals surface area contributed by atoms with Crippen LogP contribution in [0.2, 0.25) is 5.02 Å². The molecule has 4 rings (SSSR count). The van der Waals surface area contributed by atoms with E-state index in [1.165, 1.54) is 12.4 Å². The van der Waals surface area contributed by atoms with E-state index in [2.05, 4.69) is 47.1 Å². The predicted molar refractivity (Wildman–Crippen MR) is 120 cm³/mol. The van der Waals surface area contributed by atoms with Gasteiger partial charge < -0.3 is 20.9 Å². The molecule has 0 saturated carbocycles. The highest BCUT2D eigenvalue weighted by atomic mass is 79.9. The molecule has 1 aliphatic heterocycles. The monoisotopic (exact) mass is 476 g/mol. The molecule has 0 spiro atoms. The Morgan fingerprint density at radius 1 is 1.03 bits per heavy atom. The second kappa shape index (κ2) is 8.42. The van der Waals surface area contributed by atoms with Crippen LogP contribution in [-0.2, 0) is 0 Å². The third kappa shape index (κ3) is 4.38. The smallest absolute Gasteiger partial charge is 0.159 e. The number of halogens is 3. The van der Waals surface area contributed by atoms with Gasteiger partial charge in [0.05, 0.1) is 5.69 Å². The molecule has 2 aromatic carbocycles. The summed E-state index contributed by atoms with van der Waals surface area (Å²) in [5.74, 6) is 0.633. The highest BCUT2D eigenvalue weighted by molar-refractivity contribution is 9.10. The van der Waals surface area contributed by atoms with Gasteiger partial charge in [0.1, 0.15) is 17.8 Å². The second-order valence-electron chi connectivity index (χ2n) is 6.66. The van der Waals surface area contributed by atoms with Crippen molar-refractivity contribution in [3.05, 3.63) is 64.1 Å². The lowest BCUT2D eigenvalue weighted by molar-refractivity contribution is 0.631. The molecule has 0 bridgehead atoms. The van der Waals surface area contributed by atoms with Crippen LogP contribution in [0.25, 0.3) is 0 Å². The van der Waals surface area contributed by atoms with Crippen LogP contribution in [0.1, 0.15) is 0 Å². The molecular formula is C20H19BrClFN6. The Morgan fingerprint density at radius 2 is 1.79 bits per heavy atom. The van der Waals surface area contributed by atoms with Crippen molar-refractivity contribution in [1.29, 1.82) is 0 Å². The molecular weight excluding hydrogens is 459 g/mol. The van der Waals surface area contributed by atoms with Crippen molar-refractivity contribution in [3.8, 4) is 0 Å². The second-order valence-corrected chi connectivity index (χ2v) is 8.01. The van der Waals surface area contributed by atoms with E-state index < -0.39 is 5.82 Å². The average molecular weight is 478 g/mol. The number of nitrogens with one attached hydrogen (secondary N) is 1. The van der Waals surface area contributed by atoms with Crippen LogP contribution >= 0.6 is 27.5 Å². The van der Waals surface area contributed by atoms with Gasteiger partial charge in [-0.25, -0.2) is 14.4 Å². The zero-order valence-electron chi connectivity index (χ0n) is 15.4.